The van der Waals surface area contributed by atoms with E-state index in [1.165, 1.54) is 12.1 Å². The molecule has 3 aromatic rings. The van der Waals surface area contributed by atoms with Gasteiger partial charge in [-0.1, -0.05) is 47.5 Å². The van der Waals surface area contributed by atoms with Gasteiger partial charge in [-0.05, 0) is 48.0 Å². The molecule has 0 amide bonds. The molecule has 140 valence electrons. The van der Waals surface area contributed by atoms with E-state index in [0.29, 0.717) is 16.5 Å². The third-order valence-electron chi connectivity index (χ3n) is 5.06. The van der Waals surface area contributed by atoms with Crippen LogP contribution in [0.1, 0.15) is 35.4 Å². The van der Waals surface area contributed by atoms with Crippen LogP contribution in [-0.2, 0) is 0 Å². The van der Waals surface area contributed by atoms with E-state index in [4.69, 9.17) is 33.0 Å². The minimum Gasteiger partial charge on any atom is -0.464 e. The molecule has 2 atom stereocenters. The van der Waals surface area contributed by atoms with Crippen molar-refractivity contribution in [2.75, 3.05) is 0 Å². The summed E-state index contributed by atoms with van der Waals surface area (Å²) in [7, 11) is 0. The van der Waals surface area contributed by atoms with Crippen LogP contribution in [0.15, 0.2) is 71.8 Å². The first kappa shape index (κ1) is 17.5. The Balaban J connectivity index is 1.61. The van der Waals surface area contributed by atoms with E-state index in [2.05, 4.69) is 0 Å². The number of benzene rings is 3. The highest BCUT2D eigenvalue weighted by atomic mass is 35.5. The van der Waals surface area contributed by atoms with Gasteiger partial charge in [0.1, 0.15) is 11.6 Å². The van der Waals surface area contributed by atoms with Crippen LogP contribution in [0.3, 0.4) is 0 Å². The maximum atomic E-state index is 13.3. The zero-order valence-corrected chi connectivity index (χ0v) is 16.2. The van der Waals surface area contributed by atoms with E-state index >= 15 is 0 Å². The van der Waals surface area contributed by atoms with Crippen molar-refractivity contribution >= 4 is 28.9 Å². The lowest BCUT2D eigenvalue weighted by Crippen LogP contribution is -2.33. The first-order valence-electron chi connectivity index (χ1n) is 8.92. The monoisotopic (exact) mass is 412 g/mol. The summed E-state index contributed by atoms with van der Waals surface area (Å²) < 4.78 is 19.6. The minimum absolute atomic E-state index is 0.0218. The third-order valence-corrected chi connectivity index (χ3v) is 5.53. The summed E-state index contributed by atoms with van der Waals surface area (Å²) in [6.07, 6.45) is 0.273. The topological polar surface area (TPSA) is 24.8 Å². The molecule has 0 bridgehead atoms. The van der Waals surface area contributed by atoms with Crippen LogP contribution in [0.4, 0.5) is 4.39 Å². The van der Waals surface area contributed by atoms with Crippen LogP contribution in [0, 0.1) is 5.82 Å². The average molecular weight is 413 g/mol. The fourth-order valence-corrected chi connectivity index (χ4v) is 4.13. The van der Waals surface area contributed by atoms with Gasteiger partial charge in [-0.15, -0.1) is 0 Å². The van der Waals surface area contributed by atoms with Crippen molar-refractivity contribution in [1.29, 1.82) is 0 Å². The Morgan fingerprint density at radius 2 is 1.75 bits per heavy atom. The molecule has 6 heteroatoms. The molecular formula is C22H15Cl2FN2O. The molecule has 0 radical (unpaired) electrons. The highest BCUT2D eigenvalue weighted by Crippen LogP contribution is 2.48. The second kappa shape index (κ2) is 6.80. The van der Waals surface area contributed by atoms with Crippen molar-refractivity contribution in [2.45, 2.75) is 18.7 Å². The number of ether oxygens (including phenoxy) is 1. The van der Waals surface area contributed by atoms with Crippen LogP contribution in [0.2, 0.25) is 10.0 Å². The summed E-state index contributed by atoms with van der Waals surface area (Å²) in [6, 6.07) is 19.6. The number of nitrogens with zero attached hydrogens (tertiary/aromatic N) is 2. The number of rotatable bonds is 2. The van der Waals surface area contributed by atoms with E-state index in [9.17, 15) is 4.39 Å². The van der Waals surface area contributed by atoms with Gasteiger partial charge < -0.3 is 4.74 Å². The Labute approximate surface area is 172 Å². The lowest BCUT2D eigenvalue weighted by atomic mass is 9.96. The van der Waals surface area contributed by atoms with E-state index in [-0.39, 0.29) is 11.9 Å². The second-order valence-electron chi connectivity index (χ2n) is 6.86. The zero-order valence-electron chi connectivity index (χ0n) is 14.6. The predicted molar refractivity (Wildman–Crippen MR) is 108 cm³/mol. The van der Waals surface area contributed by atoms with Crippen LogP contribution in [-0.4, -0.2) is 10.7 Å². The lowest BCUT2D eigenvalue weighted by Gasteiger charge is -2.38. The van der Waals surface area contributed by atoms with Gasteiger partial charge in [0.2, 0.25) is 6.23 Å². The summed E-state index contributed by atoms with van der Waals surface area (Å²) in [4.78, 5) is 0. The van der Waals surface area contributed by atoms with Gasteiger partial charge >= 0.3 is 0 Å². The number of hydrazone groups is 1. The van der Waals surface area contributed by atoms with Crippen LogP contribution >= 0.6 is 23.2 Å². The Bertz CT molecular complexity index is 1080. The number of hydrogen-bond acceptors (Lipinski definition) is 3. The SMILES string of the molecule is Fc1ccc(C2=NN3[C@@H](c4cccc(Cl)c4)Oc4ccc(Cl)cc4[C@@H]3C2)cc1. The number of fused-ring (bicyclic) bond motifs is 3. The van der Waals surface area contributed by atoms with Crippen molar-refractivity contribution in [3.63, 3.8) is 0 Å². The molecule has 0 saturated heterocycles. The maximum absolute atomic E-state index is 13.3. The number of halogens is 3. The Morgan fingerprint density at radius 3 is 2.54 bits per heavy atom. The normalized spacial score (nSPS) is 20.2. The molecule has 0 N–H and O–H groups in total. The molecule has 0 aliphatic carbocycles. The molecule has 5 rings (SSSR count). The van der Waals surface area contributed by atoms with Crippen LogP contribution < -0.4 is 4.74 Å². The van der Waals surface area contributed by atoms with E-state index < -0.39 is 6.23 Å². The van der Waals surface area contributed by atoms with Crippen molar-refractivity contribution in [2.24, 2.45) is 5.10 Å². The summed E-state index contributed by atoms with van der Waals surface area (Å²) >= 11 is 12.4. The van der Waals surface area contributed by atoms with Crippen LogP contribution in [0.5, 0.6) is 5.75 Å². The quantitative estimate of drug-likeness (QED) is 0.487. The molecule has 0 saturated carbocycles. The van der Waals surface area contributed by atoms with Gasteiger partial charge in [0.25, 0.3) is 0 Å². The molecular weight excluding hydrogens is 398 g/mol. The summed E-state index contributed by atoms with van der Waals surface area (Å²) in [5.41, 5.74) is 3.69. The lowest BCUT2D eigenvalue weighted by molar-refractivity contribution is -0.0190. The van der Waals surface area contributed by atoms with Gasteiger partial charge in [-0.3, -0.25) is 0 Å². The first-order valence-corrected chi connectivity index (χ1v) is 9.67. The Kier molecular flexibility index (Phi) is 4.26. The highest BCUT2D eigenvalue weighted by Gasteiger charge is 2.41. The van der Waals surface area contributed by atoms with E-state index in [1.54, 1.807) is 12.1 Å². The molecule has 0 unspecified atom stereocenters. The number of hydrogen-bond donors (Lipinski definition) is 0. The van der Waals surface area contributed by atoms with Crippen molar-refractivity contribution in [3.05, 3.63) is 99.3 Å². The molecule has 0 aromatic heterocycles. The second-order valence-corrected chi connectivity index (χ2v) is 7.73. The molecule has 0 spiro atoms. The molecule has 3 aromatic carbocycles. The van der Waals surface area contributed by atoms with Gasteiger partial charge in [0, 0.05) is 27.6 Å². The molecule has 2 aliphatic heterocycles. The zero-order chi connectivity index (χ0) is 19.3. The molecule has 28 heavy (non-hydrogen) atoms. The molecule has 0 fully saturated rings. The summed E-state index contributed by atoms with van der Waals surface area (Å²) in [5, 5.41) is 8.08. The molecule has 2 aliphatic rings. The fourth-order valence-electron chi connectivity index (χ4n) is 3.76. The van der Waals surface area contributed by atoms with Gasteiger partial charge in [-0.2, -0.15) is 5.10 Å². The van der Waals surface area contributed by atoms with Crippen molar-refractivity contribution in [3.8, 4) is 5.75 Å². The average Bonchev–Trinajstić information content (AvgIpc) is 3.14. The third kappa shape index (κ3) is 3.03. The van der Waals surface area contributed by atoms with Gasteiger partial charge in [0.05, 0.1) is 11.8 Å². The first-order chi connectivity index (χ1) is 13.6. The fraction of sp³-hybridized carbons (Fsp3) is 0.136. The highest BCUT2D eigenvalue weighted by molar-refractivity contribution is 6.31. The molecule has 3 nitrogen and oxygen atoms in total. The van der Waals surface area contributed by atoms with Crippen molar-refractivity contribution < 1.29 is 9.13 Å². The smallest absolute Gasteiger partial charge is 0.213 e. The van der Waals surface area contributed by atoms with Crippen molar-refractivity contribution in [1.82, 2.24) is 5.01 Å². The van der Waals surface area contributed by atoms with Crippen LogP contribution in [0.25, 0.3) is 0 Å². The predicted octanol–water partition coefficient (Wildman–Crippen LogP) is 6.37. The Morgan fingerprint density at radius 1 is 0.964 bits per heavy atom. The summed E-state index contributed by atoms with van der Waals surface area (Å²) in [5.74, 6) is 0.517. The van der Waals surface area contributed by atoms with E-state index in [1.807, 2.05) is 47.5 Å². The van der Waals surface area contributed by atoms with Gasteiger partial charge in [0.15, 0.2) is 0 Å². The van der Waals surface area contributed by atoms with Gasteiger partial charge in [-0.25, -0.2) is 9.40 Å². The largest absolute Gasteiger partial charge is 0.464 e. The Hall–Kier alpha value is -2.56. The maximum Gasteiger partial charge on any atom is 0.213 e. The van der Waals surface area contributed by atoms with E-state index in [0.717, 1.165) is 28.2 Å². The molecule has 2 heterocycles. The minimum atomic E-state index is -0.407. The summed E-state index contributed by atoms with van der Waals surface area (Å²) in [6.45, 7) is 0. The standard InChI is InChI=1S/C22H15Cl2FN2O/c23-15-3-1-2-14(10-15)22-27-20(18-11-16(24)6-9-21(18)28-22)12-19(26-27)13-4-7-17(25)8-5-13/h1-11,20,22H,12H2/t20-,22+/m0/s1.